The van der Waals surface area contributed by atoms with Crippen LogP contribution in [-0.2, 0) is 6.54 Å². The van der Waals surface area contributed by atoms with Gasteiger partial charge in [0.15, 0.2) is 0 Å². The molecule has 0 aliphatic carbocycles. The molecule has 2 rings (SSSR count). The van der Waals surface area contributed by atoms with Crippen molar-refractivity contribution in [2.24, 2.45) is 0 Å². The molecule has 0 spiro atoms. The monoisotopic (exact) mass is 247 g/mol. The summed E-state index contributed by atoms with van der Waals surface area (Å²) in [5, 5.41) is 13.3. The SMILES string of the molecule is Cc1c(-c2ccc(N)c(N)c2)nn(CCO)c1N. The summed E-state index contributed by atoms with van der Waals surface area (Å²) in [5.41, 5.74) is 20.9. The van der Waals surface area contributed by atoms with Gasteiger partial charge in [0, 0.05) is 11.1 Å². The molecule has 7 N–H and O–H groups in total. The van der Waals surface area contributed by atoms with Crippen molar-refractivity contribution < 1.29 is 5.11 Å². The number of hydrogen-bond acceptors (Lipinski definition) is 5. The van der Waals surface area contributed by atoms with Gasteiger partial charge in [0.1, 0.15) is 5.82 Å². The van der Waals surface area contributed by atoms with Crippen molar-refractivity contribution in [3.05, 3.63) is 23.8 Å². The van der Waals surface area contributed by atoms with E-state index in [1.807, 2.05) is 13.0 Å². The number of hydrogen-bond donors (Lipinski definition) is 4. The molecule has 6 nitrogen and oxygen atoms in total. The Morgan fingerprint density at radius 3 is 2.56 bits per heavy atom. The summed E-state index contributed by atoms with van der Waals surface area (Å²) in [6, 6.07) is 5.36. The van der Waals surface area contributed by atoms with Gasteiger partial charge in [-0.15, -0.1) is 0 Å². The highest BCUT2D eigenvalue weighted by Gasteiger charge is 2.13. The van der Waals surface area contributed by atoms with E-state index in [0.717, 1.165) is 16.8 Å². The van der Waals surface area contributed by atoms with E-state index in [9.17, 15) is 0 Å². The number of nitrogens with two attached hydrogens (primary N) is 3. The van der Waals surface area contributed by atoms with Crippen LogP contribution >= 0.6 is 0 Å². The number of benzene rings is 1. The second-order valence-corrected chi connectivity index (χ2v) is 4.15. The summed E-state index contributed by atoms with van der Waals surface area (Å²) < 4.78 is 1.58. The van der Waals surface area contributed by atoms with Crippen LogP contribution in [-0.4, -0.2) is 21.5 Å². The van der Waals surface area contributed by atoms with Gasteiger partial charge in [0.25, 0.3) is 0 Å². The Balaban J connectivity index is 2.50. The van der Waals surface area contributed by atoms with Crippen LogP contribution in [0.2, 0.25) is 0 Å². The van der Waals surface area contributed by atoms with Crippen molar-refractivity contribution in [1.29, 1.82) is 0 Å². The molecule has 6 heteroatoms. The Labute approximate surface area is 105 Å². The molecule has 0 bridgehead atoms. The smallest absolute Gasteiger partial charge is 0.125 e. The first kappa shape index (κ1) is 12.3. The molecule has 96 valence electrons. The topological polar surface area (TPSA) is 116 Å². The molecular formula is C12H17N5O. The molecule has 0 unspecified atom stereocenters. The maximum Gasteiger partial charge on any atom is 0.125 e. The average Bonchev–Trinajstić information content (AvgIpc) is 2.62. The van der Waals surface area contributed by atoms with Crippen LogP contribution in [0.25, 0.3) is 11.3 Å². The van der Waals surface area contributed by atoms with Crippen molar-refractivity contribution in [2.45, 2.75) is 13.5 Å². The lowest BCUT2D eigenvalue weighted by Gasteiger charge is -2.03. The van der Waals surface area contributed by atoms with E-state index < -0.39 is 0 Å². The zero-order valence-electron chi connectivity index (χ0n) is 10.2. The van der Waals surface area contributed by atoms with Crippen LogP contribution < -0.4 is 17.2 Å². The minimum atomic E-state index is -0.00532. The molecular weight excluding hydrogens is 230 g/mol. The third-order valence-electron chi connectivity index (χ3n) is 2.91. The Kier molecular flexibility index (Phi) is 3.12. The first-order valence-electron chi connectivity index (χ1n) is 5.63. The summed E-state index contributed by atoms with van der Waals surface area (Å²) in [5.74, 6) is 0.550. The number of aromatic nitrogens is 2. The summed E-state index contributed by atoms with van der Waals surface area (Å²) >= 11 is 0. The lowest BCUT2D eigenvalue weighted by molar-refractivity contribution is 0.270. The highest BCUT2D eigenvalue weighted by Crippen LogP contribution is 2.29. The van der Waals surface area contributed by atoms with Crippen LogP contribution in [0.1, 0.15) is 5.56 Å². The molecule has 1 aromatic carbocycles. The zero-order chi connectivity index (χ0) is 13.3. The summed E-state index contributed by atoms with van der Waals surface area (Å²) in [6.07, 6.45) is 0. The molecule has 0 aliphatic rings. The predicted octanol–water partition coefficient (Wildman–Crippen LogP) is 0.597. The maximum absolute atomic E-state index is 8.94. The van der Waals surface area contributed by atoms with Crippen molar-refractivity contribution in [1.82, 2.24) is 9.78 Å². The minimum absolute atomic E-state index is 0.00532. The van der Waals surface area contributed by atoms with Crippen molar-refractivity contribution in [2.75, 3.05) is 23.8 Å². The second-order valence-electron chi connectivity index (χ2n) is 4.15. The van der Waals surface area contributed by atoms with Gasteiger partial charge in [-0.05, 0) is 19.1 Å². The van der Waals surface area contributed by atoms with Crippen LogP contribution in [0.3, 0.4) is 0 Å². The highest BCUT2D eigenvalue weighted by molar-refractivity contribution is 5.76. The number of aliphatic hydroxyl groups is 1. The van der Waals surface area contributed by atoms with Gasteiger partial charge in [-0.2, -0.15) is 5.10 Å². The summed E-state index contributed by atoms with van der Waals surface area (Å²) in [4.78, 5) is 0. The van der Waals surface area contributed by atoms with E-state index in [0.29, 0.717) is 23.7 Å². The first-order chi connectivity index (χ1) is 8.54. The molecule has 1 heterocycles. The number of rotatable bonds is 3. The number of nitrogen functional groups attached to an aromatic ring is 3. The summed E-state index contributed by atoms with van der Waals surface area (Å²) in [7, 11) is 0. The molecule has 0 aliphatic heterocycles. The van der Waals surface area contributed by atoms with Gasteiger partial charge in [0.05, 0.1) is 30.2 Å². The zero-order valence-corrected chi connectivity index (χ0v) is 10.2. The van der Waals surface area contributed by atoms with E-state index in [-0.39, 0.29) is 6.61 Å². The molecule has 2 aromatic rings. The quantitative estimate of drug-likeness (QED) is 0.592. The van der Waals surface area contributed by atoms with Crippen molar-refractivity contribution in [3.8, 4) is 11.3 Å². The van der Waals surface area contributed by atoms with E-state index in [2.05, 4.69) is 5.10 Å². The van der Waals surface area contributed by atoms with E-state index >= 15 is 0 Å². The van der Waals surface area contributed by atoms with E-state index in [1.54, 1.807) is 16.8 Å². The molecule has 0 amide bonds. The molecule has 0 saturated carbocycles. The molecule has 0 radical (unpaired) electrons. The van der Waals surface area contributed by atoms with Crippen LogP contribution in [0.5, 0.6) is 0 Å². The molecule has 0 fully saturated rings. The Hall–Kier alpha value is -2.21. The predicted molar refractivity (Wildman–Crippen MR) is 72.7 cm³/mol. The van der Waals surface area contributed by atoms with Crippen LogP contribution in [0.4, 0.5) is 17.2 Å². The molecule has 0 saturated heterocycles. The fourth-order valence-electron chi connectivity index (χ4n) is 1.83. The molecule has 18 heavy (non-hydrogen) atoms. The summed E-state index contributed by atoms with van der Waals surface area (Å²) in [6.45, 7) is 2.25. The van der Waals surface area contributed by atoms with E-state index in [1.165, 1.54) is 0 Å². The number of anilines is 3. The van der Waals surface area contributed by atoms with Crippen LogP contribution in [0, 0.1) is 6.92 Å². The second kappa shape index (κ2) is 4.58. The van der Waals surface area contributed by atoms with Gasteiger partial charge < -0.3 is 22.3 Å². The fourth-order valence-corrected chi connectivity index (χ4v) is 1.83. The Bertz CT molecular complexity index is 576. The van der Waals surface area contributed by atoms with Gasteiger partial charge >= 0.3 is 0 Å². The number of aliphatic hydroxyl groups excluding tert-OH is 1. The Morgan fingerprint density at radius 1 is 1.22 bits per heavy atom. The maximum atomic E-state index is 8.94. The highest BCUT2D eigenvalue weighted by atomic mass is 16.3. The minimum Gasteiger partial charge on any atom is -0.397 e. The largest absolute Gasteiger partial charge is 0.397 e. The third-order valence-corrected chi connectivity index (χ3v) is 2.91. The van der Waals surface area contributed by atoms with Gasteiger partial charge in [0.2, 0.25) is 0 Å². The molecule has 0 atom stereocenters. The van der Waals surface area contributed by atoms with Gasteiger partial charge in [-0.1, -0.05) is 6.07 Å². The number of nitrogens with zero attached hydrogens (tertiary/aromatic N) is 2. The normalized spacial score (nSPS) is 10.8. The fraction of sp³-hybridized carbons (Fsp3) is 0.250. The standard InChI is InChI=1S/C12H17N5O/c1-7-11(16-17(4-5-18)12(7)15)8-2-3-9(13)10(14)6-8/h2-3,6,18H,4-5,13-15H2,1H3. The van der Waals surface area contributed by atoms with E-state index in [4.69, 9.17) is 22.3 Å². The lowest BCUT2D eigenvalue weighted by Crippen LogP contribution is -2.07. The van der Waals surface area contributed by atoms with Crippen LogP contribution in [0.15, 0.2) is 18.2 Å². The average molecular weight is 247 g/mol. The lowest BCUT2D eigenvalue weighted by atomic mass is 10.1. The van der Waals surface area contributed by atoms with Gasteiger partial charge in [-0.25, -0.2) is 4.68 Å². The Morgan fingerprint density at radius 2 is 1.94 bits per heavy atom. The first-order valence-corrected chi connectivity index (χ1v) is 5.63. The van der Waals surface area contributed by atoms with Gasteiger partial charge in [-0.3, -0.25) is 0 Å². The van der Waals surface area contributed by atoms with Crippen molar-refractivity contribution in [3.63, 3.8) is 0 Å². The molecule has 1 aromatic heterocycles. The third kappa shape index (κ3) is 1.98. The van der Waals surface area contributed by atoms with Crippen molar-refractivity contribution >= 4 is 17.2 Å².